The summed E-state index contributed by atoms with van der Waals surface area (Å²) >= 11 is 1.43. The minimum absolute atomic E-state index is 0.00123. The molecule has 0 spiro atoms. The van der Waals surface area contributed by atoms with Crippen LogP contribution in [0.15, 0.2) is 71.6 Å². The molecule has 1 aliphatic heterocycles. The highest BCUT2D eigenvalue weighted by Gasteiger charge is 2.29. The van der Waals surface area contributed by atoms with Crippen LogP contribution < -0.4 is 25.2 Å². The van der Waals surface area contributed by atoms with Crippen molar-refractivity contribution in [3.8, 4) is 22.6 Å². The van der Waals surface area contributed by atoms with Gasteiger partial charge >= 0.3 is 0 Å². The molecular formula is C34H43N5O4S. The summed E-state index contributed by atoms with van der Waals surface area (Å²) in [6.45, 7) is 1.40. The van der Waals surface area contributed by atoms with Gasteiger partial charge in [-0.1, -0.05) is 30.3 Å². The Kier molecular flexibility index (Phi) is 12.1. The molecule has 1 saturated heterocycles. The first-order valence-corrected chi connectivity index (χ1v) is 15.8. The van der Waals surface area contributed by atoms with Crippen LogP contribution >= 0.6 is 11.9 Å². The second-order valence-electron chi connectivity index (χ2n) is 11.0. The summed E-state index contributed by atoms with van der Waals surface area (Å²) in [6, 6.07) is 20.9. The zero-order valence-electron chi connectivity index (χ0n) is 25.7. The first kappa shape index (κ1) is 32.9. The Labute approximate surface area is 264 Å². The molecule has 1 aliphatic rings. The van der Waals surface area contributed by atoms with Gasteiger partial charge in [0, 0.05) is 48.6 Å². The predicted octanol–water partition coefficient (Wildman–Crippen LogP) is 5.02. The van der Waals surface area contributed by atoms with E-state index in [1.54, 1.807) is 27.3 Å². The summed E-state index contributed by atoms with van der Waals surface area (Å²) in [5.74, 6) is 2.10. The summed E-state index contributed by atoms with van der Waals surface area (Å²) in [4.78, 5) is 28.4. The molecule has 2 amide bonds. The lowest BCUT2D eigenvalue weighted by atomic mass is 9.91. The number of likely N-dealkylation sites (tertiary alicyclic amines) is 1. The van der Waals surface area contributed by atoms with Gasteiger partial charge in [0.2, 0.25) is 11.8 Å². The first-order valence-electron chi connectivity index (χ1n) is 15.0. The number of hydrogen-bond acceptors (Lipinski definition) is 7. The number of amides is 2. The number of nitrogens with two attached hydrogens (primary N) is 1. The van der Waals surface area contributed by atoms with Crippen molar-refractivity contribution in [2.45, 2.75) is 49.5 Å². The van der Waals surface area contributed by atoms with Crippen LogP contribution in [0.4, 0.5) is 0 Å². The van der Waals surface area contributed by atoms with Crippen LogP contribution in [0.5, 0.6) is 11.5 Å². The third-order valence-corrected chi connectivity index (χ3v) is 8.96. The molecule has 1 fully saturated rings. The van der Waals surface area contributed by atoms with Crippen LogP contribution in [0, 0.1) is 11.3 Å². The molecule has 10 heteroatoms. The number of methoxy groups -OCH3 is 2. The van der Waals surface area contributed by atoms with Crippen LogP contribution in [0.3, 0.4) is 0 Å². The lowest BCUT2D eigenvalue weighted by Gasteiger charge is -2.34. The largest absolute Gasteiger partial charge is 0.497 e. The number of amidine groups is 1. The van der Waals surface area contributed by atoms with Crippen molar-refractivity contribution >= 4 is 29.6 Å². The van der Waals surface area contributed by atoms with E-state index in [0.717, 1.165) is 58.8 Å². The van der Waals surface area contributed by atoms with Gasteiger partial charge in [0.25, 0.3) is 0 Å². The number of ether oxygens (including phenoxy) is 2. The maximum atomic E-state index is 13.9. The molecule has 9 nitrogen and oxygen atoms in total. The minimum atomic E-state index is -0.480. The molecule has 0 saturated carbocycles. The van der Waals surface area contributed by atoms with E-state index in [9.17, 15) is 9.59 Å². The fourth-order valence-electron chi connectivity index (χ4n) is 5.52. The number of piperidine rings is 1. The van der Waals surface area contributed by atoms with Crippen LogP contribution in [0.2, 0.25) is 0 Å². The van der Waals surface area contributed by atoms with Crippen LogP contribution in [-0.2, 0) is 16.0 Å². The van der Waals surface area contributed by atoms with E-state index in [-0.39, 0.29) is 17.6 Å². The van der Waals surface area contributed by atoms with E-state index in [1.807, 2.05) is 59.5 Å². The van der Waals surface area contributed by atoms with E-state index in [1.165, 1.54) is 11.9 Å². The molecule has 1 atom stereocenters. The molecule has 5 N–H and O–H groups in total. The molecule has 44 heavy (non-hydrogen) atoms. The van der Waals surface area contributed by atoms with Gasteiger partial charge in [0.05, 0.1) is 14.2 Å². The van der Waals surface area contributed by atoms with Gasteiger partial charge < -0.3 is 25.4 Å². The Morgan fingerprint density at radius 3 is 2.52 bits per heavy atom. The van der Waals surface area contributed by atoms with Gasteiger partial charge in [-0.15, -0.1) is 0 Å². The average Bonchev–Trinajstić information content (AvgIpc) is 3.06. The number of nitrogens with zero attached hydrogens (tertiary/aromatic N) is 1. The molecule has 4 rings (SSSR count). The smallest absolute Gasteiger partial charge is 0.240 e. The Morgan fingerprint density at radius 1 is 1.05 bits per heavy atom. The molecular weight excluding hydrogens is 574 g/mol. The zero-order valence-corrected chi connectivity index (χ0v) is 26.5. The molecule has 3 aromatic rings. The van der Waals surface area contributed by atoms with E-state index < -0.39 is 6.04 Å². The molecule has 0 aliphatic carbocycles. The van der Waals surface area contributed by atoms with E-state index in [0.29, 0.717) is 37.4 Å². The standard InChI is InChI=1S/C34H43N5O4S/c1-37-32(40)12-5-7-23-15-17-39(18-16-23)34(41)30(20-24-8-4-10-26(19-24)33(35)36)38-44-28-11-6-9-25(21-28)29-14-13-27(42-2)22-31(29)43-3/h4,6,8-11,13-14,19,21-23,30,38H,5,7,12,15-18,20H2,1-3H3,(H3,35,36)(H,37,40). The number of carbonyl (C=O) groups is 2. The molecule has 1 heterocycles. The van der Waals surface area contributed by atoms with E-state index in [2.05, 4.69) is 16.1 Å². The van der Waals surface area contributed by atoms with Gasteiger partial charge in [-0.25, -0.2) is 4.72 Å². The van der Waals surface area contributed by atoms with Crippen LogP contribution in [-0.4, -0.2) is 62.9 Å². The molecule has 0 radical (unpaired) electrons. The van der Waals surface area contributed by atoms with Crippen molar-refractivity contribution in [1.82, 2.24) is 14.9 Å². The maximum Gasteiger partial charge on any atom is 0.240 e. The van der Waals surface area contributed by atoms with Crippen molar-refractivity contribution in [2.75, 3.05) is 34.4 Å². The van der Waals surface area contributed by atoms with Gasteiger partial charge in [-0.3, -0.25) is 15.0 Å². The van der Waals surface area contributed by atoms with Crippen molar-refractivity contribution in [2.24, 2.45) is 11.7 Å². The predicted molar refractivity (Wildman–Crippen MR) is 176 cm³/mol. The topological polar surface area (TPSA) is 130 Å². The second kappa shape index (κ2) is 16.2. The van der Waals surface area contributed by atoms with Gasteiger partial charge in [0.15, 0.2) is 0 Å². The lowest BCUT2D eigenvalue weighted by molar-refractivity contribution is -0.134. The third kappa shape index (κ3) is 9.00. The molecule has 0 aromatic heterocycles. The van der Waals surface area contributed by atoms with Gasteiger partial charge in [-0.05, 0) is 91.4 Å². The average molecular weight is 618 g/mol. The number of nitrogens with one attached hydrogen (secondary N) is 3. The Balaban J connectivity index is 1.47. The summed E-state index contributed by atoms with van der Waals surface area (Å²) in [5.41, 5.74) is 9.26. The van der Waals surface area contributed by atoms with Crippen molar-refractivity contribution in [1.29, 1.82) is 5.41 Å². The van der Waals surface area contributed by atoms with Crippen molar-refractivity contribution < 1.29 is 19.1 Å². The number of carbonyl (C=O) groups excluding carboxylic acids is 2. The number of benzene rings is 3. The Hall–Kier alpha value is -4.02. The number of hydrogen-bond donors (Lipinski definition) is 4. The first-order chi connectivity index (χ1) is 21.3. The highest BCUT2D eigenvalue weighted by atomic mass is 32.2. The van der Waals surface area contributed by atoms with Gasteiger partial charge in [0.1, 0.15) is 23.4 Å². The molecule has 1 unspecified atom stereocenters. The normalized spacial score (nSPS) is 14.1. The molecule has 3 aromatic carbocycles. The highest BCUT2D eigenvalue weighted by molar-refractivity contribution is 7.97. The quantitative estimate of drug-likeness (QED) is 0.114. The summed E-state index contributed by atoms with van der Waals surface area (Å²) in [6.07, 6.45) is 4.75. The number of rotatable bonds is 14. The van der Waals surface area contributed by atoms with E-state index in [4.69, 9.17) is 20.6 Å². The SMILES string of the molecule is CNC(=O)CCCC1CCN(C(=O)C(Cc2cccc(C(=N)N)c2)NSc2cccc(-c3ccc(OC)cc3OC)c2)CC1. The maximum absolute atomic E-state index is 13.9. The zero-order chi connectivity index (χ0) is 31.5. The summed E-state index contributed by atoms with van der Waals surface area (Å²) < 4.78 is 14.4. The lowest BCUT2D eigenvalue weighted by Crippen LogP contribution is -2.48. The fraction of sp³-hybridized carbons (Fsp3) is 0.382. The highest BCUT2D eigenvalue weighted by Crippen LogP contribution is 2.35. The number of nitrogen functional groups attached to an aromatic ring is 1. The van der Waals surface area contributed by atoms with Crippen molar-refractivity contribution in [3.05, 3.63) is 77.9 Å². The van der Waals surface area contributed by atoms with Crippen LogP contribution in [0.25, 0.3) is 11.1 Å². The summed E-state index contributed by atoms with van der Waals surface area (Å²) in [7, 11) is 4.94. The summed E-state index contributed by atoms with van der Waals surface area (Å²) in [5, 5.41) is 10.5. The monoisotopic (exact) mass is 617 g/mol. The van der Waals surface area contributed by atoms with E-state index >= 15 is 0 Å². The fourth-order valence-corrected chi connectivity index (χ4v) is 6.32. The van der Waals surface area contributed by atoms with Gasteiger partial charge in [-0.2, -0.15) is 0 Å². The third-order valence-electron chi connectivity index (χ3n) is 8.07. The molecule has 234 valence electrons. The minimum Gasteiger partial charge on any atom is -0.497 e. The Bertz CT molecular complexity index is 1440. The Morgan fingerprint density at radius 2 is 1.82 bits per heavy atom. The second-order valence-corrected chi connectivity index (χ2v) is 11.9. The molecule has 0 bridgehead atoms. The van der Waals surface area contributed by atoms with Crippen LogP contribution in [0.1, 0.15) is 43.2 Å². The van der Waals surface area contributed by atoms with Crippen molar-refractivity contribution in [3.63, 3.8) is 0 Å².